The van der Waals surface area contributed by atoms with Crippen LogP contribution >= 0.6 is 10.2 Å². The molecule has 0 amide bonds. The van der Waals surface area contributed by atoms with Gasteiger partial charge in [-0.2, -0.15) is 5.26 Å². The first-order valence-electron chi connectivity index (χ1n) is 13.1. The van der Waals surface area contributed by atoms with Gasteiger partial charge in [0, 0.05) is 29.6 Å². The molecule has 1 aliphatic rings. The third-order valence-corrected chi connectivity index (χ3v) is 10.6. The Bertz CT molecular complexity index is 1980. The van der Waals surface area contributed by atoms with Gasteiger partial charge in [-0.3, -0.25) is 0 Å². The molecule has 7 nitrogen and oxygen atoms in total. The smallest absolute Gasteiger partial charge is 0.310 e. The maximum atomic E-state index is 13.4. The van der Waals surface area contributed by atoms with Crippen LogP contribution in [0.4, 0.5) is 19.4 Å². The van der Waals surface area contributed by atoms with Crippen LogP contribution in [0.15, 0.2) is 82.8 Å². The van der Waals surface area contributed by atoms with Crippen LogP contribution in [0.1, 0.15) is 38.1 Å². The van der Waals surface area contributed by atoms with Crippen LogP contribution in [0, 0.1) is 17.2 Å². The average Bonchev–Trinajstić information content (AvgIpc) is 3.55. The van der Waals surface area contributed by atoms with E-state index in [0.29, 0.717) is 47.8 Å². The van der Waals surface area contributed by atoms with Crippen molar-refractivity contribution in [2.24, 2.45) is 5.92 Å². The fourth-order valence-corrected chi connectivity index (χ4v) is 7.68. The Morgan fingerprint density at radius 3 is 2.21 bits per heavy atom. The molecule has 1 fully saturated rings. The number of pyridine rings is 1. The van der Waals surface area contributed by atoms with Crippen LogP contribution in [0.3, 0.4) is 0 Å². The highest BCUT2D eigenvalue weighted by Crippen LogP contribution is 3.02. The van der Waals surface area contributed by atoms with E-state index in [1.165, 1.54) is 24.5 Å². The molecule has 220 valence electrons. The molecule has 2 aromatic carbocycles. The molecule has 5 aromatic rings. The van der Waals surface area contributed by atoms with Crippen LogP contribution in [0.2, 0.25) is 0 Å². The predicted octanol–water partition coefficient (Wildman–Crippen LogP) is 8.59. The van der Waals surface area contributed by atoms with Gasteiger partial charge in [0.15, 0.2) is 5.65 Å². The van der Waals surface area contributed by atoms with Crippen molar-refractivity contribution < 1.29 is 27.8 Å². The Morgan fingerprint density at radius 1 is 0.929 bits per heavy atom. The van der Waals surface area contributed by atoms with Gasteiger partial charge in [-0.25, -0.2) is 22.4 Å². The topological polar surface area (TPSA) is 93.6 Å². The summed E-state index contributed by atoms with van der Waals surface area (Å²) in [5, 5.41) is 9.60. The van der Waals surface area contributed by atoms with Gasteiger partial charge < -0.3 is 4.57 Å². The Hall–Kier alpha value is -3.96. The lowest BCUT2D eigenvalue weighted by atomic mass is 9.84. The summed E-state index contributed by atoms with van der Waals surface area (Å²) in [5.41, 5.74) is 1.26. The minimum absolute atomic E-state index is 0.0680. The fourth-order valence-electron chi connectivity index (χ4n) is 5.70. The number of imidazole rings is 1. The maximum absolute atomic E-state index is 13.4. The molecule has 0 N–H and O–H groups in total. The van der Waals surface area contributed by atoms with E-state index in [4.69, 9.17) is 5.26 Å². The lowest BCUT2D eigenvalue weighted by molar-refractivity contribution is 0.283. The van der Waals surface area contributed by atoms with E-state index in [0.717, 1.165) is 28.9 Å². The van der Waals surface area contributed by atoms with Gasteiger partial charge in [0.25, 0.3) is 10.0 Å². The first-order chi connectivity index (χ1) is 19.7. The Balaban J connectivity index is 1.54. The highest BCUT2D eigenvalue weighted by molar-refractivity contribution is 8.45. The van der Waals surface area contributed by atoms with E-state index >= 15 is 0 Å². The number of nitriles is 1. The predicted molar refractivity (Wildman–Crippen MR) is 150 cm³/mol. The van der Waals surface area contributed by atoms with E-state index < -0.39 is 25.1 Å². The molecule has 3 heterocycles. The van der Waals surface area contributed by atoms with Crippen LogP contribution in [0.25, 0.3) is 33.5 Å². The van der Waals surface area contributed by atoms with Gasteiger partial charge in [-0.15, -0.1) is 0 Å². The van der Waals surface area contributed by atoms with Crippen molar-refractivity contribution in [1.82, 2.24) is 18.5 Å². The monoisotopic (exact) mass is 621 g/mol. The van der Waals surface area contributed by atoms with Gasteiger partial charge in [0.05, 0.1) is 22.7 Å². The summed E-state index contributed by atoms with van der Waals surface area (Å²) in [5.74, 6) is 0.468. The van der Waals surface area contributed by atoms with Crippen LogP contribution in [0.5, 0.6) is 0 Å². The summed E-state index contributed by atoms with van der Waals surface area (Å²) in [7, 11) is -13.9. The summed E-state index contributed by atoms with van der Waals surface area (Å²) in [4.78, 5) is 7.11. The van der Waals surface area contributed by atoms with Gasteiger partial charge in [0.1, 0.15) is 16.2 Å². The summed E-state index contributed by atoms with van der Waals surface area (Å²) >= 11 is 0. The number of fused-ring (bicyclic) bond motifs is 3. The molecule has 0 bridgehead atoms. The van der Waals surface area contributed by atoms with E-state index in [-0.39, 0.29) is 33.9 Å². The molecule has 1 saturated carbocycles. The zero-order valence-electron chi connectivity index (χ0n) is 21.9. The Morgan fingerprint density at radius 2 is 1.60 bits per heavy atom. The lowest BCUT2D eigenvalue weighted by Crippen LogP contribution is -2.19. The third-order valence-electron chi connectivity index (χ3n) is 7.75. The normalized spacial score (nSPS) is 19.8. The Kier molecular flexibility index (Phi) is 6.05. The van der Waals surface area contributed by atoms with E-state index in [9.17, 15) is 27.8 Å². The molecular weight excluding hydrogens is 597 g/mol. The number of benzene rings is 2. The Labute approximate surface area is 238 Å². The molecule has 0 radical (unpaired) electrons. The molecule has 0 aliphatic heterocycles. The molecule has 1 aliphatic carbocycles. The van der Waals surface area contributed by atoms with E-state index in [2.05, 4.69) is 16.0 Å². The second kappa shape index (κ2) is 9.02. The fraction of sp³-hybridized carbons (Fsp3) is 0.250. The molecule has 3 aromatic heterocycles. The van der Waals surface area contributed by atoms with Crippen molar-refractivity contribution in [2.45, 2.75) is 47.9 Å². The second-order valence-corrected chi connectivity index (χ2v) is 14.7. The molecule has 6 rings (SSSR count). The standard InChI is InChI=1S/C28H24F5N5O2S2/c29-42(30,31,32,33)23-12-8-20(9-13-23)27-36-25-18-35-28-24(15-17-37(28)41(39,40)22-4-2-1-3-5-22)26(25)38(27)21-10-6-19(7-11-21)14-16-34/h1-5,8-9,12-13,15,17-19,21H,6-7,10-11,14H2. The second-order valence-electron chi connectivity index (χ2n) is 10.5. The van der Waals surface area contributed by atoms with Crippen molar-refractivity contribution in [1.29, 1.82) is 5.26 Å². The summed E-state index contributed by atoms with van der Waals surface area (Å²) in [6.45, 7) is 0. The lowest BCUT2D eigenvalue weighted by Gasteiger charge is -2.40. The highest BCUT2D eigenvalue weighted by Gasteiger charge is 2.65. The minimum Gasteiger partial charge on any atom is -0.320 e. The molecule has 0 unspecified atom stereocenters. The number of nitrogens with zero attached hydrogens (tertiary/aromatic N) is 5. The van der Waals surface area contributed by atoms with Gasteiger partial charge in [0.2, 0.25) is 0 Å². The highest BCUT2D eigenvalue weighted by atomic mass is 32.5. The maximum Gasteiger partial charge on any atom is 0.310 e. The van der Waals surface area contributed by atoms with Crippen molar-refractivity contribution in [3.8, 4) is 17.5 Å². The van der Waals surface area contributed by atoms with Crippen LogP contribution < -0.4 is 0 Å². The third kappa shape index (κ3) is 4.90. The summed E-state index contributed by atoms with van der Waals surface area (Å²) in [6, 6.07) is 14.1. The minimum atomic E-state index is -9.87. The van der Waals surface area contributed by atoms with Crippen molar-refractivity contribution >= 4 is 42.3 Å². The van der Waals surface area contributed by atoms with Crippen molar-refractivity contribution in [3.05, 3.63) is 73.1 Å². The van der Waals surface area contributed by atoms with Crippen LogP contribution in [-0.2, 0) is 10.0 Å². The SMILES string of the molecule is N#CCC1CCC(n2c(-c3ccc(S(F)(F)(F)(F)F)cc3)nc3cnc4c(ccn4S(=O)(=O)c4ccccc4)c32)CC1. The molecule has 0 atom stereocenters. The summed E-state index contributed by atoms with van der Waals surface area (Å²) < 4.78 is 96.9. The van der Waals surface area contributed by atoms with Gasteiger partial charge in [-0.1, -0.05) is 37.6 Å². The van der Waals surface area contributed by atoms with Gasteiger partial charge >= 0.3 is 10.2 Å². The van der Waals surface area contributed by atoms with E-state index in [1.807, 2.05) is 4.57 Å². The zero-order chi connectivity index (χ0) is 30.0. The zero-order valence-corrected chi connectivity index (χ0v) is 23.5. The molecule has 42 heavy (non-hydrogen) atoms. The average molecular weight is 622 g/mol. The number of hydrogen-bond acceptors (Lipinski definition) is 5. The van der Waals surface area contributed by atoms with Crippen molar-refractivity contribution in [2.75, 3.05) is 0 Å². The quantitative estimate of drug-likeness (QED) is 0.177. The molecule has 14 heteroatoms. The van der Waals surface area contributed by atoms with Crippen LogP contribution in [-0.4, -0.2) is 26.9 Å². The molecular formula is C28H24F5N5O2S2. The molecule has 0 spiro atoms. The molecule has 0 saturated heterocycles. The summed E-state index contributed by atoms with van der Waals surface area (Å²) in [6.07, 6.45) is 5.95. The number of aromatic nitrogens is 4. The first kappa shape index (κ1) is 28.2. The van der Waals surface area contributed by atoms with E-state index in [1.54, 1.807) is 24.3 Å². The number of hydrogen-bond donors (Lipinski definition) is 0. The number of halogens is 5. The largest absolute Gasteiger partial charge is 0.320 e. The first-order valence-corrected chi connectivity index (χ1v) is 16.5. The van der Waals surface area contributed by atoms with Gasteiger partial charge in [-0.05, 0) is 74.1 Å². The van der Waals surface area contributed by atoms with Crippen molar-refractivity contribution in [3.63, 3.8) is 0 Å². The number of rotatable bonds is 6.